The molecule has 0 amide bonds. The maximum absolute atomic E-state index is 11.2. The first-order chi connectivity index (χ1) is 13.6. The van der Waals surface area contributed by atoms with E-state index < -0.39 is 7.82 Å². The molecule has 0 radical (unpaired) electrons. The highest BCUT2D eigenvalue weighted by Crippen LogP contribution is 2.39. The molecular formula is C23H49NO4P+. The zero-order valence-electron chi connectivity index (χ0n) is 19.7. The van der Waals surface area contributed by atoms with Gasteiger partial charge >= 0.3 is 7.82 Å². The van der Waals surface area contributed by atoms with Crippen molar-refractivity contribution in [1.82, 2.24) is 0 Å². The van der Waals surface area contributed by atoms with Crippen LogP contribution in [0.2, 0.25) is 0 Å². The van der Waals surface area contributed by atoms with E-state index >= 15 is 0 Å². The van der Waals surface area contributed by atoms with E-state index in [1.54, 1.807) is 0 Å². The highest BCUT2D eigenvalue weighted by Gasteiger charge is 2.26. The van der Waals surface area contributed by atoms with Gasteiger partial charge in [0.25, 0.3) is 0 Å². The number of nitrogens with zero attached hydrogens (tertiary/aromatic N) is 1. The molecule has 0 aromatic rings. The molecule has 0 heterocycles. The van der Waals surface area contributed by atoms with Gasteiger partial charge in [-0.25, -0.2) is 4.57 Å². The summed E-state index contributed by atoms with van der Waals surface area (Å²) in [6.45, 7) is 2.87. The van der Waals surface area contributed by atoms with Gasteiger partial charge in [-0.2, -0.15) is 0 Å². The van der Waals surface area contributed by atoms with Crippen LogP contribution in [0.5, 0.6) is 0 Å². The van der Waals surface area contributed by atoms with Crippen LogP contribution in [-0.4, -0.2) is 48.1 Å². The van der Waals surface area contributed by atoms with E-state index in [9.17, 15) is 4.57 Å². The van der Waals surface area contributed by atoms with Crippen molar-refractivity contribution in [1.29, 1.82) is 0 Å². The van der Waals surface area contributed by atoms with E-state index in [-0.39, 0.29) is 6.10 Å². The monoisotopic (exact) mass is 434 g/mol. The molecule has 0 aromatic carbocycles. The van der Waals surface area contributed by atoms with Crippen molar-refractivity contribution in [2.45, 2.75) is 109 Å². The summed E-state index contributed by atoms with van der Waals surface area (Å²) in [5.74, 6) is 0. The van der Waals surface area contributed by atoms with Crippen molar-refractivity contribution in [3.8, 4) is 0 Å². The number of phosphoric ester groups is 1. The van der Waals surface area contributed by atoms with Gasteiger partial charge in [-0.15, -0.1) is 0 Å². The fraction of sp³-hybridized carbons (Fsp3) is 0.913. The van der Waals surface area contributed by atoms with Crippen LogP contribution >= 0.6 is 7.82 Å². The first kappa shape index (κ1) is 28.8. The van der Waals surface area contributed by atoms with Gasteiger partial charge in [0, 0.05) is 0 Å². The van der Waals surface area contributed by atoms with Crippen LogP contribution in [0.4, 0.5) is 0 Å². The number of phosphoric acid groups is 1. The Morgan fingerprint density at radius 1 is 0.793 bits per heavy atom. The summed E-state index contributed by atoms with van der Waals surface area (Å²) in [5.41, 5.74) is 0. The molecule has 174 valence electrons. The van der Waals surface area contributed by atoms with Crippen LogP contribution in [0.3, 0.4) is 0 Å². The Balaban J connectivity index is 3.60. The van der Waals surface area contributed by atoms with Gasteiger partial charge in [-0.3, -0.25) is 4.52 Å². The van der Waals surface area contributed by atoms with Gasteiger partial charge in [0.05, 0.1) is 21.1 Å². The molecule has 6 heteroatoms. The van der Waals surface area contributed by atoms with Crippen LogP contribution in [0.15, 0.2) is 12.2 Å². The van der Waals surface area contributed by atoms with Crippen LogP contribution < -0.4 is 0 Å². The molecule has 0 aliphatic carbocycles. The summed E-state index contributed by atoms with van der Waals surface area (Å²) >= 11 is 0. The molecule has 5 nitrogen and oxygen atoms in total. The minimum atomic E-state index is -4.42. The number of allylic oxidation sites excluding steroid dienone is 2. The Hall–Kier alpha value is -0.190. The highest BCUT2D eigenvalue weighted by atomic mass is 31.2. The topological polar surface area (TPSA) is 66.8 Å². The SMILES string of the molecule is CCCCCCCCC=CCCCCCCCCC(C[N+](C)(C)C)OP(=O)(O)O. The number of likely N-dealkylation sites (N-methyl/N-ethyl adjacent to an activating group) is 1. The van der Waals surface area contributed by atoms with Crippen LogP contribution in [-0.2, 0) is 9.09 Å². The largest absolute Gasteiger partial charge is 0.470 e. The molecule has 0 rings (SSSR count). The summed E-state index contributed by atoms with van der Waals surface area (Å²) in [7, 11) is 1.62. The molecule has 29 heavy (non-hydrogen) atoms. The molecule has 0 aromatic heterocycles. The fourth-order valence-electron chi connectivity index (χ4n) is 3.60. The standard InChI is InChI=1S/C23H48NO4P/c1-5-6-7-8-9-10-11-12-13-14-15-16-17-18-19-20-21-23(22-24(2,3)4)28-29(25,26)27/h12-13,23H,5-11,14-22H2,1-4H3,(H-,25,26,27)/p+1. The van der Waals surface area contributed by atoms with E-state index in [1.807, 2.05) is 21.1 Å². The average Bonchev–Trinajstić information content (AvgIpc) is 2.58. The maximum Gasteiger partial charge on any atom is 0.470 e. The Morgan fingerprint density at radius 3 is 1.69 bits per heavy atom. The molecule has 2 N–H and O–H groups in total. The van der Waals surface area contributed by atoms with Crippen LogP contribution in [0.1, 0.15) is 103 Å². The predicted octanol–water partition coefficient (Wildman–Crippen LogP) is 6.60. The number of hydrogen-bond acceptors (Lipinski definition) is 2. The van der Waals surface area contributed by atoms with Crippen LogP contribution in [0, 0.1) is 0 Å². The van der Waals surface area contributed by atoms with Gasteiger partial charge in [0.1, 0.15) is 12.6 Å². The molecule has 0 spiro atoms. The second-order valence-electron chi connectivity index (χ2n) is 9.42. The Labute approximate surface area is 180 Å². The molecular weight excluding hydrogens is 385 g/mol. The van der Waals surface area contributed by atoms with Gasteiger partial charge in [0.2, 0.25) is 0 Å². The average molecular weight is 435 g/mol. The Morgan fingerprint density at radius 2 is 1.24 bits per heavy atom. The third-order valence-electron chi connectivity index (χ3n) is 5.08. The van der Waals surface area contributed by atoms with E-state index in [4.69, 9.17) is 14.3 Å². The Kier molecular flexibility index (Phi) is 17.4. The van der Waals surface area contributed by atoms with Gasteiger partial charge in [-0.05, 0) is 32.1 Å². The first-order valence-corrected chi connectivity index (χ1v) is 13.4. The van der Waals surface area contributed by atoms with Crippen molar-refractivity contribution in [2.24, 2.45) is 0 Å². The van der Waals surface area contributed by atoms with Gasteiger partial charge in [0.15, 0.2) is 0 Å². The summed E-state index contributed by atoms with van der Waals surface area (Å²) in [5, 5.41) is 0. The van der Waals surface area contributed by atoms with Crippen LogP contribution in [0.25, 0.3) is 0 Å². The molecule has 0 saturated carbocycles. The minimum Gasteiger partial charge on any atom is -0.329 e. The van der Waals surface area contributed by atoms with E-state index in [0.717, 1.165) is 12.8 Å². The van der Waals surface area contributed by atoms with Gasteiger partial charge in [-0.1, -0.05) is 83.3 Å². The zero-order chi connectivity index (χ0) is 22.0. The van der Waals surface area contributed by atoms with E-state index in [2.05, 4.69) is 19.1 Å². The first-order valence-electron chi connectivity index (χ1n) is 11.8. The third kappa shape index (κ3) is 24.0. The lowest BCUT2D eigenvalue weighted by Crippen LogP contribution is -2.42. The molecule has 0 bridgehead atoms. The lowest BCUT2D eigenvalue weighted by atomic mass is 10.1. The van der Waals surface area contributed by atoms with Crippen molar-refractivity contribution >= 4 is 7.82 Å². The molecule has 0 saturated heterocycles. The van der Waals surface area contributed by atoms with Gasteiger partial charge < -0.3 is 14.3 Å². The second-order valence-corrected chi connectivity index (χ2v) is 10.6. The fourth-order valence-corrected chi connectivity index (χ4v) is 4.16. The lowest BCUT2D eigenvalue weighted by molar-refractivity contribution is -0.873. The second kappa shape index (κ2) is 17.5. The number of hydrogen-bond donors (Lipinski definition) is 2. The quantitative estimate of drug-likeness (QED) is 0.0980. The summed E-state index contributed by atoms with van der Waals surface area (Å²) in [6.07, 6.45) is 22.7. The molecule has 1 atom stereocenters. The van der Waals surface area contributed by atoms with Crippen molar-refractivity contribution in [2.75, 3.05) is 27.7 Å². The molecule has 1 unspecified atom stereocenters. The Bertz CT molecular complexity index is 443. The summed E-state index contributed by atoms with van der Waals surface area (Å²) in [6, 6.07) is 0. The van der Waals surface area contributed by atoms with Crippen molar-refractivity contribution in [3.05, 3.63) is 12.2 Å². The predicted molar refractivity (Wildman–Crippen MR) is 124 cm³/mol. The highest BCUT2D eigenvalue weighted by molar-refractivity contribution is 7.46. The maximum atomic E-state index is 11.2. The van der Waals surface area contributed by atoms with Crippen molar-refractivity contribution < 1.29 is 23.4 Å². The number of quaternary nitrogens is 1. The normalized spacial score (nSPS) is 14.0. The minimum absolute atomic E-state index is 0.382. The van der Waals surface area contributed by atoms with Crippen molar-refractivity contribution in [3.63, 3.8) is 0 Å². The van der Waals surface area contributed by atoms with E-state index in [1.165, 1.54) is 77.0 Å². The summed E-state index contributed by atoms with van der Waals surface area (Å²) < 4.78 is 16.8. The third-order valence-corrected chi connectivity index (χ3v) is 5.65. The number of unbranched alkanes of at least 4 members (excludes halogenated alkanes) is 12. The van der Waals surface area contributed by atoms with E-state index in [0.29, 0.717) is 17.4 Å². The lowest BCUT2D eigenvalue weighted by Gasteiger charge is -2.29. The summed E-state index contributed by atoms with van der Waals surface area (Å²) in [4.78, 5) is 18.2. The zero-order valence-corrected chi connectivity index (χ0v) is 20.5. The molecule has 0 aliphatic rings. The number of rotatable bonds is 20. The smallest absolute Gasteiger partial charge is 0.329 e. The molecule has 0 aliphatic heterocycles. The molecule has 0 fully saturated rings.